The number of hydroxylamine groups is 4. The van der Waals surface area contributed by atoms with Crippen molar-refractivity contribution in [3.8, 4) is 33.8 Å². The predicted octanol–water partition coefficient (Wildman–Crippen LogP) is 11.4. The van der Waals surface area contributed by atoms with Gasteiger partial charge in [-0.25, -0.2) is 0 Å². The van der Waals surface area contributed by atoms with E-state index in [1.54, 1.807) is 38.2 Å². The number of hydrogen-bond acceptors (Lipinski definition) is 18. The largest absolute Gasteiger partial charge is 0.496 e. The van der Waals surface area contributed by atoms with Crippen LogP contribution in [0.25, 0.3) is 22.3 Å². The summed E-state index contributed by atoms with van der Waals surface area (Å²) >= 11 is 0. The lowest BCUT2D eigenvalue weighted by Crippen LogP contribution is -2.62. The molecule has 22 nitrogen and oxygen atoms in total. The molecule has 6 aliphatic carbocycles. The molecular formula is C97H128N10O12. The third-order valence-electron chi connectivity index (χ3n) is 28.7. The van der Waals surface area contributed by atoms with Crippen molar-refractivity contribution in [3.05, 3.63) is 203 Å². The summed E-state index contributed by atoms with van der Waals surface area (Å²) in [7, 11) is 11.1. The van der Waals surface area contributed by atoms with Crippen LogP contribution in [-0.2, 0) is 51.7 Å². The molecular weight excluding hydrogens is 1500 g/mol. The summed E-state index contributed by atoms with van der Waals surface area (Å²) < 4.78 is 12.3. The van der Waals surface area contributed by atoms with Gasteiger partial charge in [0.15, 0.2) is 0 Å². The predicted molar refractivity (Wildman–Crippen MR) is 465 cm³/mol. The summed E-state index contributed by atoms with van der Waals surface area (Å²) in [5.41, 5.74) is 12.0. The number of carbonyl (C=O) groups is 4. The van der Waals surface area contributed by atoms with Gasteiger partial charge in [0.2, 0.25) is 11.8 Å². The number of methoxy groups -OCH3 is 2. The maximum atomic E-state index is 14.9. The molecule has 17 rings (SSSR count). The van der Waals surface area contributed by atoms with Crippen LogP contribution in [0.1, 0.15) is 130 Å². The second-order valence-corrected chi connectivity index (χ2v) is 36.9. The second-order valence-electron chi connectivity index (χ2n) is 36.9. The lowest BCUT2D eigenvalue weighted by Gasteiger charge is -2.62. The van der Waals surface area contributed by atoms with Crippen LogP contribution >= 0.6 is 0 Å². The van der Waals surface area contributed by atoms with Gasteiger partial charge in [-0.3, -0.25) is 33.8 Å². The Hall–Kier alpha value is -8.78. The Kier molecular flexibility index (Phi) is 26.8. The van der Waals surface area contributed by atoms with Gasteiger partial charge in [0.1, 0.15) is 35.8 Å². The van der Waals surface area contributed by atoms with Gasteiger partial charge in [-0.05, 0) is 163 Å². The van der Waals surface area contributed by atoms with Crippen molar-refractivity contribution < 1.29 is 58.8 Å². The third-order valence-corrected chi connectivity index (χ3v) is 28.7. The molecule has 22 heteroatoms. The molecule has 638 valence electrons. The number of ether oxygens (including phenoxy) is 2. The van der Waals surface area contributed by atoms with Gasteiger partial charge in [0, 0.05) is 155 Å². The highest BCUT2D eigenvalue weighted by Crippen LogP contribution is 2.62. The number of aliphatic hydroxyl groups is 4. The molecule has 4 heterocycles. The fourth-order valence-corrected chi connectivity index (χ4v) is 21.6. The second kappa shape index (κ2) is 36.9. The van der Waals surface area contributed by atoms with E-state index in [-0.39, 0.29) is 84.9 Å². The first-order valence-electron chi connectivity index (χ1n) is 43.3. The smallest absolute Gasteiger partial charge is 0.254 e. The van der Waals surface area contributed by atoms with Crippen molar-refractivity contribution in [2.24, 2.45) is 58.2 Å². The molecule has 10 fully saturated rings. The first-order valence-corrected chi connectivity index (χ1v) is 43.3. The van der Waals surface area contributed by atoms with Crippen LogP contribution in [0.4, 0.5) is 11.4 Å². The number of nitrogens with one attached hydrogen (secondary N) is 3. The van der Waals surface area contributed by atoms with Crippen LogP contribution in [0.2, 0.25) is 0 Å². The zero-order valence-corrected chi connectivity index (χ0v) is 72.2. The number of hydrogen-bond donors (Lipinski definition) is 7. The average Bonchev–Trinajstić information content (AvgIpc) is 0.962. The van der Waals surface area contributed by atoms with E-state index in [9.17, 15) is 39.6 Å². The van der Waals surface area contributed by atoms with Gasteiger partial charge in [-0.1, -0.05) is 169 Å². The molecule has 0 radical (unpaired) electrons. The number of nitrogens with zero attached hydrogens (tertiary/aromatic N) is 7. The molecule has 4 aliphatic heterocycles. The maximum Gasteiger partial charge on any atom is 0.254 e. The first kappa shape index (κ1) is 86.6. The Morgan fingerprint density at radius 3 is 1.34 bits per heavy atom. The number of piperazine rings is 2. The lowest BCUT2D eigenvalue weighted by atomic mass is 9.45. The molecule has 7 N–H and O–H groups in total. The number of para-hydroxylation sites is 2. The SMILES string of the molecule is COc1c(CN2O[C@@H](CO)[C@@H]([C@H](C)O)[C@H]2C(=O)N[C@H]2C[C@H]3C[C@@H]([C@@H]2C)C3(C)C)cccc1-c1cc(C(=O)N2CCN(Cc3ccccc3)C[C@@H]2Cc2ccccc2)cc(N(C)C)c1.COc1c(CN2O[C@@H](CO)[C@@H]([C@H](C)O)[C@H]2C(=O)N[C@H]2C[C@H]3C[C@@H]([C@@H]2C)C3(C)C)cccc1-c1cc(C(=O)N2CCNC[C@@H]2Cc2ccccc2)cc(N(C)C)c1. The highest BCUT2D eigenvalue weighted by Gasteiger charge is 2.60. The third kappa shape index (κ3) is 18.1. The van der Waals surface area contributed by atoms with Crippen LogP contribution in [-0.4, -0.2) is 224 Å². The van der Waals surface area contributed by atoms with Gasteiger partial charge in [0.25, 0.3) is 11.8 Å². The molecule has 7 aromatic rings. The Morgan fingerprint density at radius 1 is 0.529 bits per heavy atom. The van der Waals surface area contributed by atoms with Gasteiger partial charge in [-0.2, -0.15) is 10.1 Å². The Labute approximate surface area is 704 Å². The number of anilines is 2. The summed E-state index contributed by atoms with van der Waals surface area (Å²) in [6.45, 7) is 21.9. The molecule has 18 atom stereocenters. The monoisotopic (exact) mass is 1620 g/mol. The molecule has 4 bridgehead atoms. The number of aliphatic hydroxyl groups excluding tert-OH is 4. The summed E-state index contributed by atoms with van der Waals surface area (Å²) in [5.74, 6) is 2.39. The van der Waals surface area contributed by atoms with E-state index < -0.39 is 48.3 Å². The molecule has 119 heavy (non-hydrogen) atoms. The quantitative estimate of drug-likeness (QED) is 0.0266. The van der Waals surface area contributed by atoms with Gasteiger partial charge in [0.05, 0.1) is 52.7 Å². The first-order chi connectivity index (χ1) is 57.1. The minimum absolute atomic E-state index is 0.0120. The molecule has 0 aromatic heterocycles. The van der Waals surface area contributed by atoms with E-state index in [1.807, 2.05) is 134 Å². The summed E-state index contributed by atoms with van der Waals surface area (Å²) in [6.07, 6.45) is 2.46. The molecule has 4 saturated heterocycles. The molecule has 6 saturated carbocycles. The number of amides is 4. The van der Waals surface area contributed by atoms with E-state index in [0.29, 0.717) is 71.2 Å². The highest BCUT2D eigenvalue weighted by atomic mass is 16.7. The molecule has 0 unspecified atom stereocenters. The summed E-state index contributed by atoms with van der Waals surface area (Å²) in [6, 6.07) is 53.4. The van der Waals surface area contributed by atoms with Gasteiger partial charge >= 0.3 is 0 Å². The minimum Gasteiger partial charge on any atom is -0.496 e. The van der Waals surface area contributed by atoms with Crippen LogP contribution in [0, 0.1) is 58.2 Å². The van der Waals surface area contributed by atoms with Crippen LogP contribution in [0.15, 0.2) is 164 Å². The van der Waals surface area contributed by atoms with Gasteiger partial charge < -0.3 is 65.4 Å². The standard InChI is InChI=1S/C52H67N5O6.C45H61N5O6/c1-33-44-27-40(52(44,3)4)28-45(33)53-50(60)48-47(34(2)59)46(32-58)63-57(48)30-37-19-14-20-43(49(37)62-7)38-24-39(26-41(25-38)54(5)6)51(61)56-22-21-55(29-36-17-12-9-13-18-36)31-42(56)23-35-15-10-8-11-16-35;1-27-37-22-33(45(37,3)4)23-38(27)47-43(53)41-40(28(2)52)39(26-51)56-50(41)25-30-14-11-15-36(42(30)55-7)31-19-32(21-34(20-31)48(5)6)44(54)49-17-16-46-24-35(49)18-29-12-9-8-10-13-29/h8-20,24-26,33-34,40,42,44-48,58-59H,21-23,27-32H2,1-7H3,(H,53,60);8-15,19-21,27-28,33,35,37-41,46,51-52H,16-18,22-26H2,1-7H3,(H,47,53)/t33-,34-,40+,42-,44-,45-,46-,47+,48-;27-,28-,33+,35-,37-,38-,39-,40+,41-/m00/s1. The maximum absolute atomic E-state index is 14.9. The zero-order chi connectivity index (χ0) is 84.5. The number of rotatable bonds is 26. The van der Waals surface area contributed by atoms with E-state index in [1.165, 1.54) is 29.5 Å². The Morgan fingerprint density at radius 2 is 0.950 bits per heavy atom. The normalized spacial score (nSPS) is 28.1. The molecule has 10 aliphatic rings. The lowest BCUT2D eigenvalue weighted by molar-refractivity contribution is -0.183. The van der Waals surface area contributed by atoms with Crippen molar-refractivity contribution in [2.75, 3.05) is 105 Å². The highest BCUT2D eigenvalue weighted by molar-refractivity contribution is 5.99. The molecule has 7 aromatic carbocycles. The van der Waals surface area contributed by atoms with Crippen molar-refractivity contribution >= 4 is 35.0 Å². The van der Waals surface area contributed by atoms with E-state index in [0.717, 1.165) is 103 Å². The van der Waals surface area contributed by atoms with Gasteiger partial charge in [-0.15, -0.1) is 0 Å². The topological polar surface area (TPSA) is 245 Å². The average molecular weight is 1630 g/mol. The Balaban J connectivity index is 0.000000197. The van der Waals surface area contributed by atoms with Crippen LogP contribution < -0.4 is 35.2 Å². The van der Waals surface area contributed by atoms with Crippen LogP contribution in [0.3, 0.4) is 0 Å². The van der Waals surface area contributed by atoms with E-state index >= 15 is 0 Å². The number of carbonyl (C=O) groups excluding carboxylic acids is 4. The minimum atomic E-state index is -0.906. The van der Waals surface area contributed by atoms with Crippen LogP contribution in [0.5, 0.6) is 11.5 Å². The van der Waals surface area contributed by atoms with Crippen molar-refractivity contribution in [3.63, 3.8) is 0 Å². The fraction of sp³-hybridized carbons (Fsp3) is 0.526. The summed E-state index contributed by atoms with van der Waals surface area (Å²) in [4.78, 5) is 81.2. The zero-order valence-electron chi connectivity index (χ0n) is 72.2. The Bertz CT molecular complexity index is 4660. The molecule has 0 spiro atoms. The fourth-order valence-electron chi connectivity index (χ4n) is 21.6. The number of benzene rings is 7. The molecule has 4 amide bonds. The van der Waals surface area contributed by atoms with Crippen molar-refractivity contribution in [2.45, 2.75) is 174 Å². The van der Waals surface area contributed by atoms with E-state index in [4.69, 9.17) is 19.1 Å². The number of fused-ring (bicyclic) bond motifs is 4. The van der Waals surface area contributed by atoms with Crippen molar-refractivity contribution in [1.82, 2.24) is 40.8 Å². The van der Waals surface area contributed by atoms with E-state index in [2.05, 4.69) is 140 Å². The summed E-state index contributed by atoms with van der Waals surface area (Å²) in [5, 5.41) is 56.4. The van der Waals surface area contributed by atoms with Crippen molar-refractivity contribution in [1.29, 1.82) is 0 Å².